The van der Waals surface area contributed by atoms with Crippen LogP contribution in [0.2, 0.25) is 0 Å². The maximum Gasteiger partial charge on any atom is 0.320 e. The number of benzene rings is 1. The van der Waals surface area contributed by atoms with Crippen molar-refractivity contribution < 1.29 is 23.9 Å². The molecule has 0 bridgehead atoms. The fourth-order valence-corrected chi connectivity index (χ4v) is 4.79. The van der Waals surface area contributed by atoms with Crippen LogP contribution in [0.25, 0.3) is 10.2 Å². The fourth-order valence-electron chi connectivity index (χ4n) is 2.69. The van der Waals surface area contributed by atoms with Crippen LogP contribution in [0, 0.1) is 0 Å². The molecule has 0 radical (unpaired) electrons. The minimum atomic E-state index is -0.432. The van der Waals surface area contributed by atoms with Crippen molar-refractivity contribution in [2.75, 3.05) is 32.6 Å². The van der Waals surface area contributed by atoms with E-state index in [1.807, 2.05) is 24.3 Å². The summed E-state index contributed by atoms with van der Waals surface area (Å²) in [6.07, 6.45) is 0.658. The van der Waals surface area contributed by atoms with Gasteiger partial charge in [-0.1, -0.05) is 12.1 Å². The Balaban J connectivity index is 1.43. The van der Waals surface area contributed by atoms with E-state index in [2.05, 4.69) is 4.98 Å². The van der Waals surface area contributed by atoms with Crippen molar-refractivity contribution in [3.05, 3.63) is 29.3 Å². The molecule has 1 aromatic heterocycles. The van der Waals surface area contributed by atoms with E-state index in [1.54, 1.807) is 16.2 Å². The van der Waals surface area contributed by atoms with Gasteiger partial charge in [0.2, 0.25) is 0 Å². The lowest BCUT2D eigenvalue weighted by atomic mass is 10.3. The molecule has 1 atom stereocenters. The number of methoxy groups -OCH3 is 1. The molecule has 0 N–H and O–H groups in total. The predicted molar refractivity (Wildman–Crippen MR) is 104 cm³/mol. The molecule has 1 fully saturated rings. The van der Waals surface area contributed by atoms with Crippen molar-refractivity contribution in [3.8, 4) is 0 Å². The van der Waals surface area contributed by atoms with E-state index in [4.69, 9.17) is 9.47 Å². The smallest absolute Gasteiger partial charge is 0.320 e. The van der Waals surface area contributed by atoms with Crippen LogP contribution >= 0.6 is 23.1 Å². The van der Waals surface area contributed by atoms with Crippen LogP contribution < -0.4 is 0 Å². The summed E-state index contributed by atoms with van der Waals surface area (Å²) in [5.41, 5.74) is 0.921. The van der Waals surface area contributed by atoms with Crippen LogP contribution in [0.1, 0.15) is 11.4 Å². The monoisotopic (exact) mass is 408 g/mol. The Morgan fingerprint density at radius 2 is 2.11 bits per heavy atom. The lowest BCUT2D eigenvalue weighted by Gasteiger charge is -2.30. The van der Waals surface area contributed by atoms with E-state index in [0.717, 1.165) is 15.2 Å². The highest BCUT2D eigenvalue weighted by molar-refractivity contribution is 8.00. The number of carbonyl (C=O) groups is 3. The highest BCUT2D eigenvalue weighted by Crippen LogP contribution is 2.22. The summed E-state index contributed by atoms with van der Waals surface area (Å²) < 4.78 is 10.9. The molecule has 3 rings (SSSR count). The summed E-state index contributed by atoms with van der Waals surface area (Å²) in [6, 6.07) is 7.81. The van der Waals surface area contributed by atoms with Crippen molar-refractivity contribution in [1.82, 2.24) is 9.88 Å². The van der Waals surface area contributed by atoms with E-state index in [0.29, 0.717) is 18.7 Å². The van der Waals surface area contributed by atoms with E-state index in [9.17, 15) is 14.4 Å². The summed E-state index contributed by atoms with van der Waals surface area (Å²) >= 11 is 3.02. The first kappa shape index (κ1) is 19.6. The number of esters is 2. The van der Waals surface area contributed by atoms with Crippen LogP contribution in [-0.4, -0.2) is 65.5 Å². The number of fused-ring (bicyclic) bond motifs is 1. The van der Waals surface area contributed by atoms with Crippen molar-refractivity contribution >= 4 is 51.2 Å². The summed E-state index contributed by atoms with van der Waals surface area (Å²) in [5, 5.41) is 0.482. The van der Waals surface area contributed by atoms with Crippen LogP contribution in [0.5, 0.6) is 0 Å². The SMILES string of the molecule is COC(=O)[C@@H]1CN(C(=O)COC(=O)CCc2nc3ccccc3s2)CCS1. The van der Waals surface area contributed by atoms with E-state index in [1.165, 1.54) is 18.9 Å². The van der Waals surface area contributed by atoms with E-state index < -0.39 is 5.97 Å². The van der Waals surface area contributed by atoms with Gasteiger partial charge in [-0.05, 0) is 12.1 Å². The van der Waals surface area contributed by atoms with Crippen LogP contribution in [-0.2, 0) is 30.3 Å². The molecule has 1 saturated heterocycles. The zero-order chi connectivity index (χ0) is 19.2. The maximum atomic E-state index is 12.2. The summed E-state index contributed by atoms with van der Waals surface area (Å²) in [6.45, 7) is 0.497. The van der Waals surface area contributed by atoms with E-state index >= 15 is 0 Å². The van der Waals surface area contributed by atoms with Gasteiger partial charge in [-0.15, -0.1) is 23.1 Å². The molecule has 144 valence electrons. The highest BCUT2D eigenvalue weighted by Gasteiger charge is 2.29. The third-order valence-corrected chi connectivity index (χ3v) is 6.38. The van der Waals surface area contributed by atoms with Gasteiger partial charge in [-0.2, -0.15) is 0 Å². The summed E-state index contributed by atoms with van der Waals surface area (Å²) in [7, 11) is 1.33. The first-order valence-corrected chi connectivity index (χ1v) is 10.4. The van der Waals surface area contributed by atoms with Crippen LogP contribution in [0.3, 0.4) is 0 Å². The third-order valence-electron chi connectivity index (χ3n) is 4.12. The Hall–Kier alpha value is -2.13. The second-order valence-electron chi connectivity index (χ2n) is 5.96. The average molecular weight is 409 g/mol. The molecule has 0 spiro atoms. The summed E-state index contributed by atoms with van der Waals surface area (Å²) in [4.78, 5) is 41.8. The molecule has 1 aliphatic heterocycles. The Labute approximate surface area is 165 Å². The van der Waals surface area contributed by atoms with Crippen LogP contribution in [0.4, 0.5) is 0 Å². The second-order valence-corrected chi connectivity index (χ2v) is 8.38. The third kappa shape index (κ3) is 5.20. The molecule has 0 aliphatic carbocycles. The number of rotatable bonds is 6. The molecule has 2 aromatic rings. The maximum absolute atomic E-state index is 12.2. The van der Waals surface area contributed by atoms with Crippen molar-refractivity contribution in [1.29, 1.82) is 0 Å². The fraction of sp³-hybridized carbons (Fsp3) is 0.444. The molecule has 0 saturated carbocycles. The Kier molecular flexibility index (Phi) is 6.68. The quantitative estimate of drug-likeness (QED) is 0.675. The second kappa shape index (κ2) is 9.18. The Morgan fingerprint density at radius 3 is 2.89 bits per heavy atom. The molecule has 9 heteroatoms. The zero-order valence-electron chi connectivity index (χ0n) is 14.9. The summed E-state index contributed by atoms with van der Waals surface area (Å²) in [5.74, 6) is -0.418. The number of thiazole rings is 1. The Morgan fingerprint density at radius 1 is 1.30 bits per heavy atom. The molecule has 1 amide bonds. The van der Waals surface area contributed by atoms with Gasteiger partial charge in [0.25, 0.3) is 5.91 Å². The van der Waals surface area contributed by atoms with Gasteiger partial charge >= 0.3 is 11.9 Å². The van der Waals surface area contributed by atoms with Crippen molar-refractivity contribution in [2.24, 2.45) is 0 Å². The normalized spacial score (nSPS) is 16.9. The topological polar surface area (TPSA) is 85.8 Å². The molecular formula is C18H20N2O5S2. The minimum Gasteiger partial charge on any atom is -0.468 e. The lowest BCUT2D eigenvalue weighted by molar-refractivity contribution is -0.152. The van der Waals surface area contributed by atoms with Crippen molar-refractivity contribution in [2.45, 2.75) is 18.1 Å². The number of thioether (sulfide) groups is 1. The average Bonchev–Trinajstić information content (AvgIpc) is 3.13. The number of aryl methyl sites for hydroxylation is 1. The number of carbonyl (C=O) groups excluding carboxylic acids is 3. The first-order chi connectivity index (χ1) is 13.1. The number of hydrogen-bond donors (Lipinski definition) is 0. The largest absolute Gasteiger partial charge is 0.468 e. The van der Waals surface area contributed by atoms with Gasteiger partial charge in [0, 0.05) is 25.3 Å². The van der Waals surface area contributed by atoms with Crippen molar-refractivity contribution in [3.63, 3.8) is 0 Å². The predicted octanol–water partition coefficient (Wildman–Crippen LogP) is 1.89. The number of ether oxygens (including phenoxy) is 2. The number of aromatic nitrogens is 1. The molecule has 1 aromatic carbocycles. The number of amides is 1. The molecule has 2 heterocycles. The molecule has 27 heavy (non-hydrogen) atoms. The number of para-hydroxylation sites is 1. The number of nitrogens with zero attached hydrogens (tertiary/aromatic N) is 2. The minimum absolute atomic E-state index is 0.174. The molecule has 7 nitrogen and oxygen atoms in total. The van der Waals surface area contributed by atoms with Gasteiger partial charge < -0.3 is 14.4 Å². The molecule has 0 unspecified atom stereocenters. The molecule has 1 aliphatic rings. The van der Waals surface area contributed by atoms with Gasteiger partial charge in [0.15, 0.2) is 6.61 Å². The number of hydrogen-bond acceptors (Lipinski definition) is 8. The van der Waals surface area contributed by atoms with Crippen LogP contribution in [0.15, 0.2) is 24.3 Å². The van der Waals surface area contributed by atoms with Gasteiger partial charge in [-0.25, -0.2) is 4.98 Å². The van der Waals surface area contributed by atoms with Gasteiger partial charge in [-0.3, -0.25) is 14.4 Å². The van der Waals surface area contributed by atoms with Gasteiger partial charge in [0.1, 0.15) is 5.25 Å². The Bertz CT molecular complexity index is 805. The van der Waals surface area contributed by atoms with Gasteiger partial charge in [0.05, 0.1) is 28.8 Å². The molecular weight excluding hydrogens is 388 g/mol. The standard InChI is InChI=1S/C18H20N2O5S2/c1-24-18(23)14-10-20(8-9-26-14)16(21)11-25-17(22)7-6-15-19-12-4-2-3-5-13(12)27-15/h2-5,14H,6-11H2,1H3/t14-/m0/s1. The zero-order valence-corrected chi connectivity index (χ0v) is 16.5. The van der Waals surface area contributed by atoms with E-state index in [-0.39, 0.29) is 36.7 Å². The first-order valence-electron chi connectivity index (χ1n) is 8.54. The lowest BCUT2D eigenvalue weighted by Crippen LogP contribution is -2.46. The highest BCUT2D eigenvalue weighted by atomic mass is 32.2.